The van der Waals surface area contributed by atoms with Gasteiger partial charge in [0.05, 0.1) is 5.02 Å². The number of benzene rings is 1. The van der Waals surface area contributed by atoms with Gasteiger partial charge in [0, 0.05) is 10.7 Å². The van der Waals surface area contributed by atoms with Gasteiger partial charge in [-0.25, -0.2) is 13.4 Å². The van der Waals surface area contributed by atoms with Gasteiger partial charge in [0.2, 0.25) is 0 Å². The zero-order valence-electron chi connectivity index (χ0n) is 9.89. The van der Waals surface area contributed by atoms with E-state index in [4.69, 9.17) is 11.6 Å². The fraction of sp³-hybridized carbons (Fsp3) is 0.0833. The summed E-state index contributed by atoms with van der Waals surface area (Å²) < 4.78 is 27.5. The highest BCUT2D eigenvalue weighted by atomic mass is 79.9. The van der Waals surface area contributed by atoms with Crippen LogP contribution in [0.3, 0.4) is 0 Å². The minimum Gasteiger partial charge on any atom is -0.263 e. The maximum atomic E-state index is 12.2. The number of hydrogen-bond donors (Lipinski definition) is 1. The molecule has 0 amide bonds. The van der Waals surface area contributed by atoms with Crippen molar-refractivity contribution < 1.29 is 8.42 Å². The van der Waals surface area contributed by atoms with E-state index < -0.39 is 10.0 Å². The molecule has 0 fully saturated rings. The number of aromatic nitrogens is 1. The average Bonchev–Trinajstić information content (AvgIpc) is 2.27. The van der Waals surface area contributed by atoms with Crippen LogP contribution in [0.25, 0.3) is 0 Å². The summed E-state index contributed by atoms with van der Waals surface area (Å²) >= 11 is 9.21. The maximum Gasteiger partial charge on any atom is 0.264 e. The molecule has 0 radical (unpaired) electrons. The van der Waals surface area contributed by atoms with Gasteiger partial charge in [0.25, 0.3) is 10.0 Å². The highest BCUT2D eigenvalue weighted by Gasteiger charge is 2.18. The number of aryl methyl sites for hydroxylation is 1. The molecular formula is C12H10BrClN2O2S. The van der Waals surface area contributed by atoms with E-state index >= 15 is 0 Å². The van der Waals surface area contributed by atoms with Crippen LogP contribution in [-0.2, 0) is 10.0 Å². The third kappa shape index (κ3) is 3.46. The molecule has 1 heterocycles. The van der Waals surface area contributed by atoms with Crippen molar-refractivity contribution in [3.63, 3.8) is 0 Å². The van der Waals surface area contributed by atoms with E-state index in [0.29, 0.717) is 0 Å². The molecule has 0 atom stereocenters. The van der Waals surface area contributed by atoms with E-state index in [1.165, 1.54) is 12.3 Å². The molecule has 0 bridgehead atoms. The lowest BCUT2D eigenvalue weighted by Gasteiger charge is -2.09. The first-order valence-electron chi connectivity index (χ1n) is 5.29. The lowest BCUT2D eigenvalue weighted by molar-refractivity contribution is 0.601. The van der Waals surface area contributed by atoms with Crippen LogP contribution in [0.2, 0.25) is 5.02 Å². The summed E-state index contributed by atoms with van der Waals surface area (Å²) in [6.07, 6.45) is 1.50. The number of pyridine rings is 1. The van der Waals surface area contributed by atoms with Crippen molar-refractivity contribution in [2.45, 2.75) is 11.8 Å². The Bertz CT molecular complexity index is 719. The van der Waals surface area contributed by atoms with E-state index in [2.05, 4.69) is 25.6 Å². The molecule has 19 heavy (non-hydrogen) atoms. The molecule has 2 rings (SSSR count). The lowest BCUT2D eigenvalue weighted by atomic mass is 10.2. The van der Waals surface area contributed by atoms with Crippen LogP contribution >= 0.6 is 27.5 Å². The number of nitrogens with zero attached hydrogens (tertiary/aromatic N) is 1. The van der Waals surface area contributed by atoms with Crippen molar-refractivity contribution in [1.82, 2.24) is 4.98 Å². The first-order chi connectivity index (χ1) is 8.88. The Labute approximate surface area is 125 Å². The predicted octanol–water partition coefficient (Wildman–Crippen LogP) is 3.61. The second-order valence-electron chi connectivity index (χ2n) is 3.90. The maximum absolute atomic E-state index is 12.2. The smallest absolute Gasteiger partial charge is 0.263 e. The Balaban J connectivity index is 2.38. The van der Waals surface area contributed by atoms with Crippen LogP contribution in [0.4, 0.5) is 5.82 Å². The second-order valence-corrected chi connectivity index (χ2v) is 6.87. The summed E-state index contributed by atoms with van der Waals surface area (Å²) in [6.45, 7) is 1.84. The van der Waals surface area contributed by atoms with Crippen molar-refractivity contribution >= 4 is 43.4 Å². The molecule has 2 aromatic rings. The number of nitrogens with one attached hydrogen (secondary N) is 1. The van der Waals surface area contributed by atoms with Gasteiger partial charge in [-0.15, -0.1) is 0 Å². The Morgan fingerprint density at radius 3 is 2.63 bits per heavy atom. The second kappa shape index (κ2) is 5.48. The molecule has 0 spiro atoms. The molecule has 0 saturated heterocycles. The van der Waals surface area contributed by atoms with Crippen LogP contribution in [0.1, 0.15) is 5.56 Å². The van der Waals surface area contributed by atoms with Gasteiger partial charge in [0.15, 0.2) is 0 Å². The molecule has 0 aliphatic carbocycles. The molecule has 0 unspecified atom stereocenters. The van der Waals surface area contributed by atoms with Crippen molar-refractivity contribution in [3.05, 3.63) is 51.6 Å². The molecular weight excluding hydrogens is 352 g/mol. The summed E-state index contributed by atoms with van der Waals surface area (Å²) in [6, 6.07) is 8.04. The van der Waals surface area contributed by atoms with Gasteiger partial charge in [-0.05, 0) is 36.8 Å². The number of sulfonamides is 1. The number of anilines is 1. The third-order valence-electron chi connectivity index (χ3n) is 2.34. The SMILES string of the molecule is Cc1ccc(S(=O)(=O)Nc2cc(Br)ccn2)c(Cl)c1. The number of rotatable bonds is 3. The minimum absolute atomic E-state index is 0.0292. The van der Waals surface area contributed by atoms with E-state index in [-0.39, 0.29) is 15.7 Å². The molecule has 1 aromatic heterocycles. The summed E-state index contributed by atoms with van der Waals surface area (Å²) in [7, 11) is -3.74. The Morgan fingerprint density at radius 2 is 2.00 bits per heavy atom. The van der Waals surface area contributed by atoms with Crippen molar-refractivity contribution in [2.24, 2.45) is 0 Å². The van der Waals surface area contributed by atoms with Crippen LogP contribution in [0.15, 0.2) is 45.9 Å². The van der Waals surface area contributed by atoms with Gasteiger partial charge >= 0.3 is 0 Å². The number of halogens is 2. The highest BCUT2D eigenvalue weighted by molar-refractivity contribution is 9.10. The molecule has 1 aromatic carbocycles. The molecule has 0 aliphatic rings. The lowest BCUT2D eigenvalue weighted by Crippen LogP contribution is -2.14. The topological polar surface area (TPSA) is 59.1 Å². The summed E-state index contributed by atoms with van der Waals surface area (Å²) in [4.78, 5) is 3.96. The van der Waals surface area contributed by atoms with Gasteiger partial charge < -0.3 is 0 Å². The van der Waals surface area contributed by atoms with Gasteiger partial charge in [0.1, 0.15) is 10.7 Å². The van der Waals surface area contributed by atoms with Crippen LogP contribution in [0, 0.1) is 6.92 Å². The van der Waals surface area contributed by atoms with Gasteiger partial charge in [-0.3, -0.25) is 4.72 Å². The average molecular weight is 362 g/mol. The molecule has 0 saturated carbocycles. The summed E-state index contributed by atoms with van der Waals surface area (Å²) in [5.41, 5.74) is 0.893. The quantitative estimate of drug-likeness (QED) is 0.908. The normalized spacial score (nSPS) is 11.3. The van der Waals surface area contributed by atoms with E-state index in [1.54, 1.807) is 24.3 Å². The highest BCUT2D eigenvalue weighted by Crippen LogP contribution is 2.24. The standard InChI is InChI=1S/C12H10BrClN2O2S/c1-8-2-3-11(10(14)6-8)19(17,18)16-12-7-9(13)4-5-15-12/h2-7H,1H3,(H,15,16). The van der Waals surface area contributed by atoms with Crippen molar-refractivity contribution in [2.75, 3.05) is 4.72 Å². The molecule has 7 heteroatoms. The number of hydrogen-bond acceptors (Lipinski definition) is 3. The van der Waals surface area contributed by atoms with Crippen LogP contribution in [-0.4, -0.2) is 13.4 Å². The first kappa shape index (κ1) is 14.3. The fourth-order valence-corrected chi connectivity index (χ4v) is 3.41. The van der Waals surface area contributed by atoms with Crippen LogP contribution in [0.5, 0.6) is 0 Å². The van der Waals surface area contributed by atoms with Crippen LogP contribution < -0.4 is 4.72 Å². The van der Waals surface area contributed by atoms with E-state index in [9.17, 15) is 8.42 Å². The predicted molar refractivity (Wildman–Crippen MR) is 78.9 cm³/mol. The minimum atomic E-state index is -3.74. The Kier molecular flexibility index (Phi) is 4.13. The molecule has 1 N–H and O–H groups in total. The molecule has 100 valence electrons. The summed E-state index contributed by atoms with van der Waals surface area (Å²) in [5.74, 6) is 0.228. The zero-order chi connectivity index (χ0) is 14.0. The summed E-state index contributed by atoms with van der Waals surface area (Å²) in [5, 5.41) is 0.183. The molecule has 0 aliphatic heterocycles. The fourth-order valence-electron chi connectivity index (χ4n) is 1.48. The van der Waals surface area contributed by atoms with Crippen molar-refractivity contribution in [1.29, 1.82) is 0 Å². The molecule has 4 nitrogen and oxygen atoms in total. The Morgan fingerprint density at radius 1 is 1.26 bits per heavy atom. The Hall–Kier alpha value is -1.11. The zero-order valence-corrected chi connectivity index (χ0v) is 13.1. The van der Waals surface area contributed by atoms with E-state index in [1.807, 2.05) is 6.92 Å². The van der Waals surface area contributed by atoms with Gasteiger partial charge in [-0.2, -0.15) is 0 Å². The largest absolute Gasteiger partial charge is 0.264 e. The third-order valence-corrected chi connectivity index (χ3v) is 4.67. The monoisotopic (exact) mass is 360 g/mol. The van der Waals surface area contributed by atoms with E-state index in [0.717, 1.165) is 10.0 Å². The van der Waals surface area contributed by atoms with Gasteiger partial charge in [-0.1, -0.05) is 33.6 Å². The first-order valence-corrected chi connectivity index (χ1v) is 7.94. The van der Waals surface area contributed by atoms with Crippen molar-refractivity contribution in [3.8, 4) is 0 Å².